The van der Waals surface area contributed by atoms with E-state index >= 15 is 0 Å². The first-order valence-electron chi connectivity index (χ1n) is 21.0. The number of phenolic OH excluding ortho intramolecular Hbond substituents is 2. The van der Waals surface area contributed by atoms with Crippen LogP contribution < -0.4 is 25.3 Å². The van der Waals surface area contributed by atoms with Gasteiger partial charge in [0.25, 0.3) is 0 Å². The number of hydrogen-bond acceptors (Lipinski definition) is 10. The molecule has 308 valence electrons. The lowest BCUT2D eigenvalue weighted by molar-refractivity contribution is -0.141. The number of carbonyl (C=O) groups is 1. The van der Waals surface area contributed by atoms with E-state index in [1.165, 1.54) is 12.5 Å². The number of ether oxygens (including phenoxy) is 4. The summed E-state index contributed by atoms with van der Waals surface area (Å²) in [5, 5.41) is 25.5. The number of nitrogens with zero attached hydrogens (tertiary/aromatic N) is 1. The summed E-state index contributed by atoms with van der Waals surface area (Å²) in [7, 11) is 3.49. The largest absolute Gasteiger partial charge is 0.508 e. The predicted molar refractivity (Wildman–Crippen MR) is 230 cm³/mol. The number of fused-ring (bicyclic) bond motifs is 7. The number of carbonyl (C=O) groups excluding carboxylic acids is 1. The minimum absolute atomic E-state index is 0.000888. The van der Waals surface area contributed by atoms with Crippen LogP contribution in [0.3, 0.4) is 0 Å². The Balaban J connectivity index is 1.29. The molecular weight excluding hydrogens is 755 g/mol. The van der Waals surface area contributed by atoms with Crippen molar-refractivity contribution in [2.24, 2.45) is 5.92 Å². The third kappa shape index (κ3) is 7.15. The molecule has 0 radical (unpaired) electrons. The summed E-state index contributed by atoms with van der Waals surface area (Å²) >= 11 is 0. The summed E-state index contributed by atoms with van der Waals surface area (Å²) in [6.45, 7) is 2.44. The van der Waals surface area contributed by atoms with Gasteiger partial charge in [-0.25, -0.2) is 4.98 Å². The van der Waals surface area contributed by atoms with E-state index in [1.807, 2.05) is 25.2 Å². The first-order valence-corrected chi connectivity index (χ1v) is 21.0. The van der Waals surface area contributed by atoms with E-state index in [0.29, 0.717) is 42.6 Å². The second-order valence-corrected chi connectivity index (χ2v) is 16.8. The number of esters is 1. The zero-order valence-corrected chi connectivity index (χ0v) is 34.3. The van der Waals surface area contributed by atoms with E-state index in [4.69, 9.17) is 29.7 Å². The Labute approximate surface area is 351 Å². The fraction of sp³-hybridized carbons (Fsp3) is 0.360. The van der Waals surface area contributed by atoms with Crippen molar-refractivity contribution in [3.8, 4) is 51.7 Å². The number of nitrogen functional groups attached to an aromatic ring is 1. The first-order chi connectivity index (χ1) is 29.2. The Morgan fingerprint density at radius 3 is 2.63 bits per heavy atom. The highest BCUT2D eigenvalue weighted by atomic mass is 16.5. The average molecular weight is 806 g/mol. The van der Waals surface area contributed by atoms with E-state index in [9.17, 15) is 15.0 Å². The topological polar surface area (TPSA) is 145 Å². The highest BCUT2D eigenvalue weighted by Gasteiger charge is 2.52. The number of benzene rings is 4. The Morgan fingerprint density at radius 1 is 1.00 bits per heavy atom. The van der Waals surface area contributed by atoms with Crippen molar-refractivity contribution in [1.82, 2.24) is 10.3 Å². The number of anilines is 1. The molecule has 2 aliphatic carbocycles. The zero-order valence-electron chi connectivity index (χ0n) is 34.3. The molecule has 5 N–H and O–H groups in total. The predicted octanol–water partition coefficient (Wildman–Crippen LogP) is 8.05. The molecule has 1 spiro atoms. The van der Waals surface area contributed by atoms with Crippen LogP contribution in [0.15, 0.2) is 78.9 Å². The van der Waals surface area contributed by atoms with Crippen molar-refractivity contribution in [2.45, 2.75) is 75.2 Å². The number of aromatic nitrogens is 1. The Hall–Kier alpha value is -6.18. The number of nitrogens with two attached hydrogens (primary N) is 1. The maximum Gasteiger partial charge on any atom is 0.302 e. The van der Waals surface area contributed by atoms with Gasteiger partial charge < -0.3 is 40.2 Å². The monoisotopic (exact) mass is 805 g/mol. The maximum atomic E-state index is 12.5. The Bertz CT molecular complexity index is 2530. The molecule has 1 fully saturated rings. The van der Waals surface area contributed by atoms with Crippen LogP contribution in [-0.4, -0.2) is 55.1 Å². The van der Waals surface area contributed by atoms with Gasteiger partial charge >= 0.3 is 5.97 Å². The molecule has 9 rings (SSSR count). The van der Waals surface area contributed by atoms with Crippen LogP contribution >= 0.6 is 0 Å². The molecule has 1 saturated carbocycles. The molecule has 5 unspecified atom stereocenters. The summed E-state index contributed by atoms with van der Waals surface area (Å²) in [6.07, 6.45) is 4.85. The van der Waals surface area contributed by atoms with E-state index in [0.717, 1.165) is 82.4 Å². The third-order valence-electron chi connectivity index (χ3n) is 13.2. The second kappa shape index (κ2) is 16.1. The van der Waals surface area contributed by atoms with Gasteiger partial charge in [0.2, 0.25) is 0 Å². The van der Waals surface area contributed by atoms with Crippen LogP contribution in [0.1, 0.15) is 95.2 Å². The lowest BCUT2D eigenvalue weighted by Gasteiger charge is -2.39. The van der Waals surface area contributed by atoms with Gasteiger partial charge in [-0.1, -0.05) is 54.5 Å². The van der Waals surface area contributed by atoms with Gasteiger partial charge in [0.1, 0.15) is 48.1 Å². The van der Waals surface area contributed by atoms with Crippen LogP contribution in [0.4, 0.5) is 5.82 Å². The molecule has 0 saturated heterocycles. The van der Waals surface area contributed by atoms with Gasteiger partial charge in [-0.05, 0) is 115 Å². The normalized spacial score (nSPS) is 21.8. The molecule has 60 heavy (non-hydrogen) atoms. The van der Waals surface area contributed by atoms with Crippen LogP contribution in [-0.2, 0) is 34.2 Å². The summed E-state index contributed by atoms with van der Waals surface area (Å²) in [6, 6.07) is 26.0. The molecule has 3 heterocycles. The molecule has 1 aromatic heterocycles. The molecule has 4 bridgehead atoms. The molecular formula is C50H51N3O7. The van der Waals surface area contributed by atoms with Crippen LogP contribution in [0, 0.1) is 17.8 Å². The summed E-state index contributed by atoms with van der Waals surface area (Å²) in [4.78, 5) is 17.3. The van der Waals surface area contributed by atoms with Crippen molar-refractivity contribution in [1.29, 1.82) is 0 Å². The Kier molecular flexibility index (Phi) is 10.6. The lowest BCUT2D eigenvalue weighted by Crippen LogP contribution is -2.31. The third-order valence-corrected chi connectivity index (χ3v) is 13.2. The molecule has 5 atom stereocenters. The van der Waals surface area contributed by atoms with E-state index in [1.54, 1.807) is 19.2 Å². The summed E-state index contributed by atoms with van der Waals surface area (Å²) in [5.41, 5.74) is 15.7. The van der Waals surface area contributed by atoms with Crippen LogP contribution in [0.5, 0.6) is 28.7 Å². The average Bonchev–Trinajstić information content (AvgIpc) is 3.82. The number of hydrogen-bond donors (Lipinski definition) is 4. The minimum atomic E-state index is -0.600. The second-order valence-electron chi connectivity index (χ2n) is 16.8. The van der Waals surface area contributed by atoms with Crippen molar-refractivity contribution < 1.29 is 34.0 Å². The number of methoxy groups -OCH3 is 1. The Morgan fingerprint density at radius 2 is 1.83 bits per heavy atom. The highest BCUT2D eigenvalue weighted by molar-refractivity contribution is 5.84. The molecule has 10 heteroatoms. The number of rotatable bonds is 10. The number of aryl methyl sites for hydroxylation is 1. The SMILES string of the molecule is CNCCOc1cc2c(cc1O)CC#Cc1nc(N)ccc1C(CCc1ccccc1)C1CCC3(Cc4cc(O)cc(OC)c4-c4ccc5c(c43)OC2C5COC(C)=O)C1. The fourth-order valence-corrected chi connectivity index (χ4v) is 10.5. The standard InChI is InChI=1S/C50H51N3O7/c1-29(54)59-28-40-37-14-15-38-46-33(22-34(55)24-44(46)57-3)27-50-19-18-32(26-50)35(13-12-30-8-5-4-6-9-30)36-16-17-45(51)53-41(36)11-7-10-31-23-42(56)43(58-21-20-52-2)25-39(31)48(40)60-49(37)47(38)50/h4-6,8-9,14-17,22-25,32,35,40,48,52,55-56H,10,12-13,18-21,26-28H2,1-3H3,(H2,51,53). The van der Waals surface area contributed by atoms with Crippen LogP contribution in [0.2, 0.25) is 0 Å². The minimum Gasteiger partial charge on any atom is -0.508 e. The molecule has 5 aromatic rings. The number of phenols is 2. The van der Waals surface area contributed by atoms with Gasteiger partial charge in [0, 0.05) is 53.6 Å². The van der Waals surface area contributed by atoms with E-state index in [-0.39, 0.29) is 53.7 Å². The van der Waals surface area contributed by atoms with Crippen LogP contribution in [0.25, 0.3) is 11.1 Å². The zero-order chi connectivity index (χ0) is 41.5. The lowest BCUT2D eigenvalue weighted by atomic mass is 9.64. The van der Waals surface area contributed by atoms with Gasteiger partial charge in [-0.15, -0.1) is 0 Å². The number of pyridine rings is 1. The number of aromatic hydroxyl groups is 2. The van der Waals surface area contributed by atoms with Crippen molar-refractivity contribution in [3.05, 3.63) is 124 Å². The van der Waals surface area contributed by atoms with Crippen molar-refractivity contribution in [3.63, 3.8) is 0 Å². The van der Waals surface area contributed by atoms with Crippen molar-refractivity contribution >= 4 is 11.8 Å². The van der Waals surface area contributed by atoms with E-state index in [2.05, 4.69) is 65.7 Å². The van der Waals surface area contributed by atoms with E-state index < -0.39 is 6.10 Å². The number of nitrogens with one attached hydrogen (secondary N) is 1. The number of likely N-dealkylation sites (N-methyl/N-ethyl adjacent to an activating group) is 1. The van der Waals surface area contributed by atoms with Gasteiger partial charge in [0.15, 0.2) is 11.5 Å². The fourth-order valence-electron chi connectivity index (χ4n) is 10.5. The van der Waals surface area contributed by atoms with Crippen molar-refractivity contribution in [2.75, 3.05) is 39.6 Å². The highest BCUT2D eigenvalue weighted by Crippen LogP contribution is 2.63. The maximum absolute atomic E-state index is 12.5. The summed E-state index contributed by atoms with van der Waals surface area (Å²) in [5.74, 6) is 8.79. The van der Waals surface area contributed by atoms with Gasteiger partial charge in [0.05, 0.1) is 13.0 Å². The molecule has 4 aliphatic rings. The molecule has 2 aliphatic heterocycles. The first kappa shape index (κ1) is 39.3. The van der Waals surface area contributed by atoms with Gasteiger partial charge in [-0.2, -0.15) is 0 Å². The van der Waals surface area contributed by atoms with Gasteiger partial charge in [-0.3, -0.25) is 4.79 Å². The molecule has 4 aromatic carbocycles. The smallest absolute Gasteiger partial charge is 0.302 e. The molecule has 0 amide bonds. The quantitative estimate of drug-likeness (QED) is 0.0622. The summed E-state index contributed by atoms with van der Waals surface area (Å²) < 4.78 is 25.3. The molecule has 10 nitrogen and oxygen atoms in total.